The Morgan fingerprint density at radius 1 is 0.880 bits per heavy atom. The van der Waals surface area contributed by atoms with Gasteiger partial charge < -0.3 is 14.8 Å². The summed E-state index contributed by atoms with van der Waals surface area (Å²) in [6, 6.07) is 18.9. The summed E-state index contributed by atoms with van der Waals surface area (Å²) < 4.78 is 11.4. The van der Waals surface area contributed by atoms with E-state index in [-0.39, 0.29) is 0 Å². The molecule has 0 aliphatic carbocycles. The summed E-state index contributed by atoms with van der Waals surface area (Å²) in [7, 11) is 0. The first-order valence-corrected chi connectivity index (χ1v) is 9.27. The number of benzene rings is 2. The third-order valence-corrected chi connectivity index (χ3v) is 4.10. The van der Waals surface area contributed by atoms with E-state index in [4.69, 9.17) is 9.47 Å². The number of ether oxygens (including phenoxy) is 2. The van der Waals surface area contributed by atoms with Crippen molar-refractivity contribution in [2.75, 3.05) is 13.2 Å². The Morgan fingerprint density at radius 3 is 2.28 bits per heavy atom. The number of hydrogen-bond acceptors (Lipinski definition) is 3. The summed E-state index contributed by atoms with van der Waals surface area (Å²) in [6.45, 7) is 8.81. The molecule has 1 atom stereocenters. The molecule has 0 bridgehead atoms. The first kappa shape index (κ1) is 19.5. The zero-order valence-corrected chi connectivity index (χ0v) is 15.7. The molecule has 0 aromatic heterocycles. The number of rotatable bonds is 11. The Kier molecular flexibility index (Phi) is 8.50. The fourth-order valence-electron chi connectivity index (χ4n) is 2.58. The third-order valence-electron chi connectivity index (χ3n) is 4.10. The van der Waals surface area contributed by atoms with Gasteiger partial charge in [-0.1, -0.05) is 42.5 Å². The van der Waals surface area contributed by atoms with Crippen LogP contribution in [0.2, 0.25) is 0 Å². The topological polar surface area (TPSA) is 30.5 Å². The molecule has 0 amide bonds. The molecule has 2 aromatic carbocycles. The number of hydrogen-bond donors (Lipinski definition) is 1. The molecule has 0 spiro atoms. The van der Waals surface area contributed by atoms with Crippen LogP contribution in [0.1, 0.15) is 50.8 Å². The van der Waals surface area contributed by atoms with Crippen LogP contribution < -0.4 is 10.1 Å². The highest BCUT2D eigenvalue weighted by molar-refractivity contribution is 5.29. The normalized spacial score (nSPS) is 12.3. The molecular formula is C22H31NO2. The van der Waals surface area contributed by atoms with Gasteiger partial charge in [0.15, 0.2) is 0 Å². The van der Waals surface area contributed by atoms with E-state index in [9.17, 15) is 0 Å². The van der Waals surface area contributed by atoms with E-state index in [0.717, 1.165) is 31.7 Å². The molecule has 3 heteroatoms. The number of nitrogens with one attached hydrogen (secondary N) is 1. The van der Waals surface area contributed by atoms with Crippen LogP contribution in [-0.4, -0.2) is 19.3 Å². The average Bonchev–Trinajstić information content (AvgIpc) is 2.63. The molecule has 0 saturated heterocycles. The van der Waals surface area contributed by atoms with Crippen molar-refractivity contribution in [3.8, 4) is 5.75 Å². The molecule has 1 N–H and O–H groups in total. The number of unbranched alkanes of at least 4 members (excludes halogenated alkanes) is 1. The summed E-state index contributed by atoms with van der Waals surface area (Å²) in [5.41, 5.74) is 2.47. The molecule has 0 aliphatic heterocycles. The molecule has 0 saturated carbocycles. The monoisotopic (exact) mass is 341 g/mol. The maximum absolute atomic E-state index is 5.84. The summed E-state index contributed by atoms with van der Waals surface area (Å²) >= 11 is 0. The lowest BCUT2D eigenvalue weighted by atomic mass is 10.1. The van der Waals surface area contributed by atoms with Crippen molar-refractivity contribution in [3.05, 3.63) is 65.7 Å². The van der Waals surface area contributed by atoms with E-state index in [1.165, 1.54) is 11.1 Å². The van der Waals surface area contributed by atoms with Crippen LogP contribution in [0.15, 0.2) is 54.6 Å². The quantitative estimate of drug-likeness (QED) is 0.575. The summed E-state index contributed by atoms with van der Waals surface area (Å²) in [6.07, 6.45) is 2.56. The first-order valence-electron chi connectivity index (χ1n) is 9.27. The van der Waals surface area contributed by atoms with Gasteiger partial charge in [-0.3, -0.25) is 0 Å². The lowest BCUT2D eigenvalue weighted by Crippen LogP contribution is -2.20. The van der Waals surface area contributed by atoms with Crippen molar-refractivity contribution in [2.45, 2.75) is 52.4 Å². The summed E-state index contributed by atoms with van der Waals surface area (Å²) in [5.74, 6) is 0.908. The lowest BCUT2D eigenvalue weighted by molar-refractivity contribution is 0.0759. The van der Waals surface area contributed by atoms with Crippen LogP contribution in [-0.2, 0) is 11.3 Å². The molecule has 25 heavy (non-hydrogen) atoms. The molecule has 0 fully saturated rings. The zero-order valence-electron chi connectivity index (χ0n) is 15.7. The van der Waals surface area contributed by atoms with E-state index in [1.807, 2.05) is 30.3 Å². The average molecular weight is 341 g/mol. The van der Waals surface area contributed by atoms with Gasteiger partial charge in [-0.25, -0.2) is 0 Å². The van der Waals surface area contributed by atoms with E-state index in [2.05, 4.69) is 50.4 Å². The van der Waals surface area contributed by atoms with E-state index >= 15 is 0 Å². The predicted molar refractivity (Wildman–Crippen MR) is 104 cm³/mol. The SMILES string of the molecule is CC(C)OCCCCNC(C)c1ccc(OCc2ccccc2)cc1. The predicted octanol–water partition coefficient (Wildman–Crippen LogP) is 5.12. The Morgan fingerprint density at radius 2 is 1.60 bits per heavy atom. The van der Waals surface area contributed by atoms with Gasteiger partial charge in [0.1, 0.15) is 12.4 Å². The maximum atomic E-state index is 5.84. The van der Waals surface area contributed by atoms with E-state index < -0.39 is 0 Å². The Hall–Kier alpha value is -1.84. The zero-order chi connectivity index (χ0) is 17.9. The van der Waals surface area contributed by atoms with Crippen molar-refractivity contribution in [1.29, 1.82) is 0 Å². The van der Waals surface area contributed by atoms with Crippen LogP contribution in [0.5, 0.6) is 5.75 Å². The molecular weight excluding hydrogens is 310 g/mol. The second-order valence-electron chi connectivity index (χ2n) is 6.65. The van der Waals surface area contributed by atoms with Gasteiger partial charge in [0.05, 0.1) is 6.10 Å². The minimum absolute atomic E-state index is 0.328. The smallest absolute Gasteiger partial charge is 0.119 e. The Balaban J connectivity index is 1.68. The fraction of sp³-hybridized carbons (Fsp3) is 0.455. The maximum Gasteiger partial charge on any atom is 0.119 e. The standard InChI is InChI=1S/C22H31NO2/c1-18(2)24-16-8-7-15-23-19(3)21-11-13-22(14-12-21)25-17-20-9-5-4-6-10-20/h4-6,9-14,18-19,23H,7-8,15-17H2,1-3H3. The molecule has 0 radical (unpaired) electrons. The molecule has 2 aromatic rings. The van der Waals surface area contributed by atoms with Gasteiger partial charge in [-0.2, -0.15) is 0 Å². The van der Waals surface area contributed by atoms with Gasteiger partial charge in [-0.15, -0.1) is 0 Å². The van der Waals surface area contributed by atoms with Crippen molar-refractivity contribution in [1.82, 2.24) is 5.32 Å². The van der Waals surface area contributed by atoms with Crippen molar-refractivity contribution in [2.24, 2.45) is 0 Å². The van der Waals surface area contributed by atoms with Crippen LogP contribution >= 0.6 is 0 Å². The minimum atomic E-state index is 0.328. The van der Waals surface area contributed by atoms with E-state index in [1.54, 1.807) is 0 Å². The van der Waals surface area contributed by atoms with Gasteiger partial charge >= 0.3 is 0 Å². The van der Waals surface area contributed by atoms with Gasteiger partial charge in [0.25, 0.3) is 0 Å². The largest absolute Gasteiger partial charge is 0.489 e. The van der Waals surface area contributed by atoms with Crippen LogP contribution in [0.3, 0.4) is 0 Å². The van der Waals surface area contributed by atoms with Crippen LogP contribution in [0.25, 0.3) is 0 Å². The molecule has 0 aliphatic rings. The second-order valence-corrected chi connectivity index (χ2v) is 6.65. The Bertz CT molecular complexity index is 581. The Labute approximate surface area is 152 Å². The first-order chi connectivity index (χ1) is 12.1. The summed E-state index contributed by atoms with van der Waals surface area (Å²) in [5, 5.41) is 3.57. The molecule has 1 unspecified atom stereocenters. The highest BCUT2D eigenvalue weighted by Crippen LogP contribution is 2.18. The van der Waals surface area contributed by atoms with Crippen molar-refractivity contribution < 1.29 is 9.47 Å². The van der Waals surface area contributed by atoms with E-state index in [0.29, 0.717) is 18.8 Å². The third kappa shape index (κ3) is 7.72. The fourth-order valence-corrected chi connectivity index (χ4v) is 2.58. The second kappa shape index (κ2) is 10.9. The van der Waals surface area contributed by atoms with Gasteiger partial charge in [-0.05, 0) is 63.4 Å². The van der Waals surface area contributed by atoms with Gasteiger partial charge in [0, 0.05) is 12.6 Å². The highest BCUT2D eigenvalue weighted by Gasteiger charge is 2.05. The minimum Gasteiger partial charge on any atom is -0.489 e. The highest BCUT2D eigenvalue weighted by atomic mass is 16.5. The molecule has 2 rings (SSSR count). The van der Waals surface area contributed by atoms with Crippen LogP contribution in [0, 0.1) is 0 Å². The van der Waals surface area contributed by atoms with Crippen molar-refractivity contribution >= 4 is 0 Å². The van der Waals surface area contributed by atoms with Crippen molar-refractivity contribution in [3.63, 3.8) is 0 Å². The molecule has 136 valence electrons. The summed E-state index contributed by atoms with van der Waals surface area (Å²) in [4.78, 5) is 0. The van der Waals surface area contributed by atoms with Gasteiger partial charge in [0.2, 0.25) is 0 Å². The molecule has 0 heterocycles. The lowest BCUT2D eigenvalue weighted by Gasteiger charge is -2.15. The molecule has 3 nitrogen and oxygen atoms in total. The van der Waals surface area contributed by atoms with Crippen LogP contribution in [0.4, 0.5) is 0 Å².